The number of aliphatic carboxylic acids is 1. The molecule has 4 rings (SSSR count). The van der Waals surface area contributed by atoms with Gasteiger partial charge < -0.3 is 30.9 Å². The molecular formula is C28H30N4O6. The molecule has 1 atom stereocenters. The molecule has 1 aliphatic heterocycles. The van der Waals surface area contributed by atoms with Gasteiger partial charge in [-0.1, -0.05) is 18.2 Å². The number of aryl methyl sites for hydroxylation is 2. The van der Waals surface area contributed by atoms with Crippen LogP contribution in [0, 0.1) is 0 Å². The van der Waals surface area contributed by atoms with Gasteiger partial charge in [0, 0.05) is 24.2 Å². The Balaban J connectivity index is 1.27. The molecule has 38 heavy (non-hydrogen) atoms. The summed E-state index contributed by atoms with van der Waals surface area (Å²) in [5.74, 6) is -0.378. The maximum absolute atomic E-state index is 12.6. The Bertz CT molecular complexity index is 1300. The predicted octanol–water partition coefficient (Wildman–Crippen LogP) is 3.15. The van der Waals surface area contributed by atoms with E-state index in [0.29, 0.717) is 24.3 Å². The van der Waals surface area contributed by atoms with Crippen LogP contribution >= 0.6 is 0 Å². The number of carbonyl (C=O) groups is 3. The minimum Gasteiger partial charge on any atom is -0.506 e. The zero-order valence-electron chi connectivity index (χ0n) is 20.8. The van der Waals surface area contributed by atoms with E-state index in [9.17, 15) is 24.6 Å². The second-order valence-electron chi connectivity index (χ2n) is 9.00. The van der Waals surface area contributed by atoms with Crippen molar-refractivity contribution in [3.63, 3.8) is 0 Å². The van der Waals surface area contributed by atoms with Gasteiger partial charge in [0.25, 0.3) is 5.91 Å². The van der Waals surface area contributed by atoms with Gasteiger partial charge in [-0.15, -0.1) is 0 Å². The molecule has 2 aromatic carbocycles. The van der Waals surface area contributed by atoms with E-state index in [1.54, 1.807) is 24.3 Å². The third-order valence-electron chi connectivity index (χ3n) is 6.24. The highest BCUT2D eigenvalue weighted by molar-refractivity contribution is 5.98. The number of rotatable bonds is 12. The van der Waals surface area contributed by atoms with E-state index in [0.717, 1.165) is 43.7 Å². The molecule has 5 N–H and O–H groups in total. The molecule has 198 valence electrons. The molecule has 0 fully saturated rings. The number of phenols is 1. The van der Waals surface area contributed by atoms with Crippen molar-refractivity contribution in [1.82, 2.24) is 10.3 Å². The van der Waals surface area contributed by atoms with Gasteiger partial charge in [-0.3, -0.25) is 9.59 Å². The van der Waals surface area contributed by atoms with E-state index in [1.165, 1.54) is 23.8 Å². The first-order valence-corrected chi connectivity index (χ1v) is 12.4. The van der Waals surface area contributed by atoms with E-state index in [4.69, 9.17) is 9.72 Å². The molecule has 3 aromatic rings. The van der Waals surface area contributed by atoms with Crippen LogP contribution in [0.1, 0.15) is 40.0 Å². The number of hydrogen-bond donors (Lipinski definition) is 5. The number of fused-ring (bicyclic) bond motifs is 1. The average Bonchev–Trinajstić information content (AvgIpc) is 2.92. The zero-order chi connectivity index (χ0) is 26.9. The molecule has 2 heterocycles. The topological polar surface area (TPSA) is 150 Å². The number of ether oxygens (including phenoxy) is 1. The van der Waals surface area contributed by atoms with Gasteiger partial charge in [0.1, 0.15) is 23.4 Å². The molecule has 10 heteroatoms. The standard InChI is InChI=1S/C28H30N4O6/c33-17-30-23-16-20(8-12-25(23)34)27(35)32-24(28(36)37)15-18-5-10-22(11-6-18)38-14-2-4-21-9-7-19-3-1-13-29-26(19)31-21/h5-12,16-17,24,34H,1-4,13-15H2,(H,29,31)(H,30,33)(H,32,35)(H,36,37)/t24-/m1/s1. The van der Waals surface area contributed by atoms with Gasteiger partial charge in [0.15, 0.2) is 0 Å². The molecular weight excluding hydrogens is 488 g/mol. The van der Waals surface area contributed by atoms with Crippen molar-refractivity contribution < 1.29 is 29.3 Å². The van der Waals surface area contributed by atoms with Crippen molar-refractivity contribution in [2.75, 3.05) is 23.8 Å². The number of amides is 2. The molecule has 0 saturated heterocycles. The maximum Gasteiger partial charge on any atom is 0.326 e. The minimum absolute atomic E-state index is 0.0473. The Morgan fingerprint density at radius 2 is 1.95 bits per heavy atom. The number of pyridine rings is 1. The Morgan fingerprint density at radius 3 is 2.71 bits per heavy atom. The van der Waals surface area contributed by atoms with Gasteiger partial charge in [-0.05, 0) is 73.2 Å². The van der Waals surface area contributed by atoms with Crippen LogP contribution in [0.25, 0.3) is 0 Å². The summed E-state index contributed by atoms with van der Waals surface area (Å²) in [6.45, 7) is 1.48. The fourth-order valence-corrected chi connectivity index (χ4v) is 4.21. The Kier molecular flexibility index (Phi) is 8.76. The zero-order valence-corrected chi connectivity index (χ0v) is 20.8. The number of carboxylic acid groups (broad SMARTS) is 1. The summed E-state index contributed by atoms with van der Waals surface area (Å²) in [6.07, 6.45) is 4.25. The number of anilines is 2. The monoisotopic (exact) mass is 518 g/mol. The lowest BCUT2D eigenvalue weighted by Gasteiger charge is -2.17. The number of nitrogens with zero attached hydrogens (tertiary/aromatic N) is 1. The summed E-state index contributed by atoms with van der Waals surface area (Å²) in [6, 6.07) is 14.0. The number of aromatic nitrogens is 1. The van der Waals surface area contributed by atoms with Crippen LogP contribution in [0.4, 0.5) is 11.5 Å². The maximum atomic E-state index is 12.6. The third-order valence-corrected chi connectivity index (χ3v) is 6.24. The van der Waals surface area contributed by atoms with E-state index in [1.807, 2.05) is 0 Å². The molecule has 1 aliphatic rings. The van der Waals surface area contributed by atoms with Gasteiger partial charge >= 0.3 is 5.97 Å². The largest absolute Gasteiger partial charge is 0.506 e. The molecule has 0 radical (unpaired) electrons. The lowest BCUT2D eigenvalue weighted by Crippen LogP contribution is -2.42. The van der Waals surface area contributed by atoms with Crippen LogP contribution in [-0.4, -0.2) is 52.7 Å². The summed E-state index contributed by atoms with van der Waals surface area (Å²) in [5.41, 5.74) is 3.16. The van der Waals surface area contributed by atoms with Gasteiger partial charge in [0.05, 0.1) is 12.3 Å². The fraction of sp³-hybridized carbons (Fsp3) is 0.286. The minimum atomic E-state index is -1.19. The lowest BCUT2D eigenvalue weighted by molar-refractivity contribution is -0.139. The average molecular weight is 519 g/mol. The number of phenolic OH excluding ortho intramolecular Hbond substituents is 1. The van der Waals surface area contributed by atoms with Crippen molar-refractivity contribution in [2.45, 2.75) is 38.1 Å². The molecule has 0 bridgehead atoms. The summed E-state index contributed by atoms with van der Waals surface area (Å²) in [4.78, 5) is 39.7. The fourth-order valence-electron chi connectivity index (χ4n) is 4.21. The van der Waals surface area contributed by atoms with E-state index in [-0.39, 0.29) is 23.4 Å². The molecule has 0 aliphatic carbocycles. The number of carbonyl (C=O) groups excluding carboxylic acids is 2. The second kappa shape index (κ2) is 12.6. The predicted molar refractivity (Wildman–Crippen MR) is 142 cm³/mol. The first kappa shape index (κ1) is 26.5. The van der Waals surface area contributed by atoms with Crippen molar-refractivity contribution in [1.29, 1.82) is 0 Å². The lowest BCUT2D eigenvalue weighted by atomic mass is 10.0. The van der Waals surface area contributed by atoms with Crippen LogP contribution < -0.4 is 20.7 Å². The van der Waals surface area contributed by atoms with E-state index < -0.39 is 17.9 Å². The van der Waals surface area contributed by atoms with Crippen LogP contribution in [0.3, 0.4) is 0 Å². The number of hydrogen-bond acceptors (Lipinski definition) is 7. The third kappa shape index (κ3) is 7.00. The Hall–Kier alpha value is -4.60. The van der Waals surface area contributed by atoms with Crippen molar-refractivity contribution in [3.8, 4) is 11.5 Å². The van der Waals surface area contributed by atoms with Crippen molar-refractivity contribution in [2.24, 2.45) is 0 Å². The van der Waals surface area contributed by atoms with Crippen molar-refractivity contribution in [3.05, 3.63) is 77.0 Å². The van der Waals surface area contributed by atoms with Gasteiger partial charge in [-0.2, -0.15) is 0 Å². The smallest absolute Gasteiger partial charge is 0.326 e. The Labute approximate surface area is 220 Å². The molecule has 0 saturated carbocycles. The summed E-state index contributed by atoms with van der Waals surface area (Å²) in [5, 5.41) is 27.5. The highest BCUT2D eigenvalue weighted by Crippen LogP contribution is 2.24. The number of benzene rings is 2. The molecule has 0 unspecified atom stereocenters. The summed E-state index contributed by atoms with van der Waals surface area (Å²) in [7, 11) is 0. The summed E-state index contributed by atoms with van der Waals surface area (Å²) >= 11 is 0. The van der Waals surface area contributed by atoms with Crippen LogP contribution in [0.15, 0.2) is 54.6 Å². The van der Waals surface area contributed by atoms with Crippen LogP contribution in [0.2, 0.25) is 0 Å². The molecule has 0 spiro atoms. The normalized spacial score (nSPS) is 12.9. The van der Waals surface area contributed by atoms with Gasteiger partial charge in [0.2, 0.25) is 6.41 Å². The highest BCUT2D eigenvalue weighted by Gasteiger charge is 2.22. The highest BCUT2D eigenvalue weighted by atomic mass is 16.5. The second-order valence-corrected chi connectivity index (χ2v) is 9.00. The quantitative estimate of drug-likeness (QED) is 0.139. The Morgan fingerprint density at radius 1 is 1.13 bits per heavy atom. The van der Waals surface area contributed by atoms with Crippen molar-refractivity contribution >= 4 is 29.8 Å². The summed E-state index contributed by atoms with van der Waals surface area (Å²) < 4.78 is 5.83. The molecule has 10 nitrogen and oxygen atoms in total. The number of carboxylic acids is 1. The van der Waals surface area contributed by atoms with Gasteiger partial charge in [-0.25, -0.2) is 9.78 Å². The SMILES string of the molecule is O=CNc1cc(C(=O)N[C@H](Cc2ccc(OCCCc3ccc4c(n3)NCCC4)cc2)C(=O)O)ccc1O. The van der Waals surface area contributed by atoms with E-state index in [2.05, 4.69) is 28.1 Å². The van der Waals surface area contributed by atoms with Crippen LogP contribution in [-0.2, 0) is 28.9 Å². The van der Waals surface area contributed by atoms with Crippen LogP contribution in [0.5, 0.6) is 11.5 Å². The molecule has 2 amide bonds. The number of nitrogens with one attached hydrogen (secondary N) is 3. The first-order chi connectivity index (χ1) is 18.4. The number of aromatic hydroxyl groups is 1. The first-order valence-electron chi connectivity index (χ1n) is 12.4. The molecule has 1 aromatic heterocycles. The van der Waals surface area contributed by atoms with E-state index >= 15 is 0 Å².